The summed E-state index contributed by atoms with van der Waals surface area (Å²) >= 11 is 0. The van der Waals surface area contributed by atoms with E-state index in [2.05, 4.69) is 17.7 Å². The van der Waals surface area contributed by atoms with Crippen molar-refractivity contribution in [1.29, 1.82) is 5.26 Å². The first-order valence-corrected chi connectivity index (χ1v) is 8.02. The molecule has 1 aliphatic heterocycles. The Morgan fingerprint density at radius 3 is 2.87 bits per heavy atom. The summed E-state index contributed by atoms with van der Waals surface area (Å²) in [6.45, 7) is 6.41. The van der Waals surface area contributed by atoms with Gasteiger partial charge in [0.25, 0.3) is 0 Å². The molecule has 1 aliphatic rings. The van der Waals surface area contributed by atoms with Gasteiger partial charge >= 0.3 is 0 Å². The van der Waals surface area contributed by atoms with Crippen molar-refractivity contribution in [2.75, 3.05) is 13.1 Å². The molecule has 3 rings (SSSR count). The van der Waals surface area contributed by atoms with Crippen molar-refractivity contribution in [2.45, 2.75) is 32.2 Å². The Balaban J connectivity index is 1.57. The highest BCUT2D eigenvalue weighted by atomic mass is 16.2. The molecule has 2 aromatic rings. The Morgan fingerprint density at radius 2 is 2.13 bits per heavy atom. The summed E-state index contributed by atoms with van der Waals surface area (Å²) in [7, 11) is 0. The van der Waals surface area contributed by atoms with Gasteiger partial charge < -0.3 is 4.90 Å². The molecule has 0 N–H and O–H groups in total. The third-order valence-corrected chi connectivity index (χ3v) is 4.32. The van der Waals surface area contributed by atoms with E-state index in [1.165, 1.54) is 0 Å². The average molecular weight is 308 g/mol. The third-order valence-electron chi connectivity index (χ3n) is 4.32. The molecule has 0 bridgehead atoms. The van der Waals surface area contributed by atoms with Crippen LogP contribution in [0.2, 0.25) is 0 Å². The number of rotatable bonds is 5. The lowest BCUT2D eigenvalue weighted by atomic mass is 10.1. The minimum absolute atomic E-state index is 0.103. The summed E-state index contributed by atoms with van der Waals surface area (Å²) in [6.07, 6.45) is 5.49. The molecule has 1 aromatic carbocycles. The normalized spacial score (nSPS) is 14.1. The fraction of sp³-hybridized carbons (Fsp3) is 0.389. The van der Waals surface area contributed by atoms with Gasteiger partial charge in [-0.3, -0.25) is 9.48 Å². The Bertz CT molecular complexity index is 778. The van der Waals surface area contributed by atoms with Gasteiger partial charge in [0.2, 0.25) is 5.91 Å². The van der Waals surface area contributed by atoms with E-state index in [0.717, 1.165) is 49.8 Å². The van der Waals surface area contributed by atoms with E-state index in [0.29, 0.717) is 17.6 Å². The van der Waals surface area contributed by atoms with E-state index in [1.807, 2.05) is 21.7 Å². The minimum Gasteiger partial charge on any atom is -0.339 e. The first-order valence-electron chi connectivity index (χ1n) is 8.02. The molecule has 0 radical (unpaired) electrons. The number of nitriles is 1. The zero-order valence-electron chi connectivity index (χ0n) is 13.2. The number of carbonyl (C=O) groups excluding carboxylic acids is 1. The van der Waals surface area contributed by atoms with E-state index in [4.69, 9.17) is 5.26 Å². The number of nitrogens with zero attached hydrogens (tertiary/aromatic N) is 4. The Kier molecular flexibility index (Phi) is 4.42. The van der Waals surface area contributed by atoms with Gasteiger partial charge in [0.15, 0.2) is 0 Å². The van der Waals surface area contributed by atoms with Crippen LogP contribution in [0.25, 0.3) is 10.9 Å². The zero-order valence-corrected chi connectivity index (χ0v) is 13.2. The maximum atomic E-state index is 12.2. The lowest BCUT2D eigenvalue weighted by Crippen LogP contribution is -2.28. The number of likely N-dealkylation sites (tertiary alicyclic amines) is 1. The number of hydrogen-bond donors (Lipinski definition) is 0. The van der Waals surface area contributed by atoms with Gasteiger partial charge in [0.1, 0.15) is 0 Å². The summed E-state index contributed by atoms with van der Waals surface area (Å²) in [5.41, 5.74) is 2.34. The summed E-state index contributed by atoms with van der Waals surface area (Å²) in [6, 6.07) is 7.70. The molecule has 2 heterocycles. The van der Waals surface area contributed by atoms with Gasteiger partial charge in [-0.2, -0.15) is 10.4 Å². The van der Waals surface area contributed by atoms with E-state index >= 15 is 0 Å². The monoisotopic (exact) mass is 308 g/mol. The second-order valence-electron chi connectivity index (χ2n) is 5.96. The van der Waals surface area contributed by atoms with Crippen LogP contribution in [0.15, 0.2) is 36.5 Å². The summed E-state index contributed by atoms with van der Waals surface area (Å²) in [4.78, 5) is 14.1. The number of fused-ring (bicyclic) bond motifs is 1. The van der Waals surface area contributed by atoms with Crippen LogP contribution in [-0.2, 0) is 11.3 Å². The lowest BCUT2D eigenvalue weighted by Gasteiger charge is -2.16. The van der Waals surface area contributed by atoms with Crippen LogP contribution in [0.5, 0.6) is 0 Å². The highest BCUT2D eigenvalue weighted by Gasteiger charge is 2.19. The van der Waals surface area contributed by atoms with Crippen molar-refractivity contribution in [2.24, 2.45) is 0 Å². The standard InChI is InChI=1S/C18H20N4O/c1-14(18(23)21-8-2-3-9-21)5-4-10-22-17-7-6-15(12-19)11-16(17)13-20-22/h6-7,11,13H,1-5,8-10H2. The number of carbonyl (C=O) groups is 1. The van der Waals surface area contributed by atoms with Gasteiger partial charge in [-0.15, -0.1) is 0 Å². The molecular weight excluding hydrogens is 288 g/mol. The maximum absolute atomic E-state index is 12.2. The molecule has 5 nitrogen and oxygen atoms in total. The molecule has 0 aliphatic carbocycles. The Hall–Kier alpha value is -2.61. The highest BCUT2D eigenvalue weighted by molar-refractivity contribution is 5.92. The number of amides is 1. The van der Waals surface area contributed by atoms with Gasteiger partial charge in [-0.05, 0) is 43.9 Å². The molecule has 1 amide bonds. The fourth-order valence-electron chi connectivity index (χ4n) is 3.03. The first-order chi connectivity index (χ1) is 11.2. The topological polar surface area (TPSA) is 61.9 Å². The molecule has 0 spiro atoms. The smallest absolute Gasteiger partial charge is 0.249 e. The van der Waals surface area contributed by atoms with E-state index in [9.17, 15) is 4.79 Å². The van der Waals surface area contributed by atoms with E-state index in [1.54, 1.807) is 12.3 Å². The number of benzene rings is 1. The molecule has 5 heteroatoms. The third kappa shape index (κ3) is 3.26. The summed E-state index contributed by atoms with van der Waals surface area (Å²) < 4.78 is 1.92. The Labute approximate surface area is 135 Å². The molecule has 118 valence electrons. The van der Waals surface area contributed by atoms with E-state index in [-0.39, 0.29) is 5.91 Å². The van der Waals surface area contributed by atoms with Crippen molar-refractivity contribution < 1.29 is 4.79 Å². The number of aryl methyl sites for hydroxylation is 1. The van der Waals surface area contributed by atoms with Crippen molar-refractivity contribution in [3.63, 3.8) is 0 Å². The predicted octanol–water partition coefficient (Wildman–Crippen LogP) is 2.87. The zero-order chi connectivity index (χ0) is 16.2. The first kappa shape index (κ1) is 15.3. The number of aromatic nitrogens is 2. The SMILES string of the molecule is C=C(CCCn1ncc2cc(C#N)ccc21)C(=O)N1CCCC1. The van der Waals surface area contributed by atoms with Crippen LogP contribution in [0.1, 0.15) is 31.2 Å². The Morgan fingerprint density at radius 1 is 1.35 bits per heavy atom. The van der Waals surface area contributed by atoms with Crippen molar-refractivity contribution >= 4 is 16.8 Å². The number of hydrogen-bond acceptors (Lipinski definition) is 3. The van der Waals surface area contributed by atoms with Crippen molar-refractivity contribution in [1.82, 2.24) is 14.7 Å². The lowest BCUT2D eigenvalue weighted by molar-refractivity contribution is -0.126. The molecule has 1 saturated heterocycles. The molecular formula is C18H20N4O. The van der Waals surface area contributed by atoms with Crippen LogP contribution >= 0.6 is 0 Å². The van der Waals surface area contributed by atoms with Gasteiger partial charge in [-0.25, -0.2) is 0 Å². The second-order valence-corrected chi connectivity index (χ2v) is 5.96. The second kappa shape index (κ2) is 6.66. The molecule has 0 saturated carbocycles. The van der Waals surface area contributed by atoms with Crippen LogP contribution in [0.3, 0.4) is 0 Å². The van der Waals surface area contributed by atoms with Gasteiger partial charge in [0.05, 0.1) is 23.3 Å². The largest absolute Gasteiger partial charge is 0.339 e. The average Bonchev–Trinajstić information content (AvgIpc) is 3.23. The van der Waals surface area contributed by atoms with Crippen molar-refractivity contribution in [3.8, 4) is 6.07 Å². The predicted molar refractivity (Wildman–Crippen MR) is 88.6 cm³/mol. The molecule has 0 atom stereocenters. The van der Waals surface area contributed by atoms with Crippen molar-refractivity contribution in [3.05, 3.63) is 42.1 Å². The van der Waals surface area contributed by atoms with Crippen LogP contribution < -0.4 is 0 Å². The molecule has 1 aromatic heterocycles. The molecule has 23 heavy (non-hydrogen) atoms. The quantitative estimate of drug-likeness (QED) is 0.798. The molecule has 0 unspecified atom stereocenters. The van der Waals surface area contributed by atoms with E-state index < -0.39 is 0 Å². The van der Waals surface area contributed by atoms with Crippen LogP contribution in [-0.4, -0.2) is 33.7 Å². The highest BCUT2D eigenvalue weighted by Crippen LogP contribution is 2.18. The van der Waals surface area contributed by atoms with Gasteiger partial charge in [-0.1, -0.05) is 6.58 Å². The van der Waals surface area contributed by atoms with Crippen LogP contribution in [0, 0.1) is 11.3 Å². The summed E-state index contributed by atoms with van der Waals surface area (Å²) in [5, 5.41) is 14.3. The molecule has 1 fully saturated rings. The minimum atomic E-state index is 0.103. The fourth-order valence-corrected chi connectivity index (χ4v) is 3.03. The van der Waals surface area contributed by atoms with Gasteiger partial charge in [0, 0.05) is 30.6 Å². The van der Waals surface area contributed by atoms with Crippen LogP contribution in [0.4, 0.5) is 0 Å². The summed E-state index contributed by atoms with van der Waals surface area (Å²) in [5.74, 6) is 0.103. The maximum Gasteiger partial charge on any atom is 0.249 e.